The van der Waals surface area contributed by atoms with Gasteiger partial charge in [0.1, 0.15) is 23.7 Å². The molecule has 0 N–H and O–H groups in total. The standard InChI is InChI=1S/C30H33FN4O3/c1-33(20-27-26-6-4-3-5-22(26)17-23(18-32)29(27)37-2)30(36)28(21-7-9-24(31)10-8-21)35-12-11-25(19-35)34-13-15-38-16-14-34/h3-10,17,25,28H,11-16,19-20H2,1-2H3/t25-,28?/m1/s1. The summed E-state index contributed by atoms with van der Waals surface area (Å²) in [6.07, 6.45) is 0.970. The molecule has 3 aromatic carbocycles. The molecule has 2 saturated heterocycles. The van der Waals surface area contributed by atoms with Crippen molar-refractivity contribution < 1.29 is 18.7 Å². The zero-order valence-corrected chi connectivity index (χ0v) is 21.9. The number of amides is 1. The maximum atomic E-state index is 14.1. The van der Waals surface area contributed by atoms with Gasteiger partial charge in [0.15, 0.2) is 0 Å². The first-order valence-electron chi connectivity index (χ1n) is 13.0. The van der Waals surface area contributed by atoms with Gasteiger partial charge in [-0.2, -0.15) is 5.26 Å². The van der Waals surface area contributed by atoms with E-state index in [0.29, 0.717) is 17.4 Å². The molecule has 0 bridgehead atoms. The summed E-state index contributed by atoms with van der Waals surface area (Å²) in [5, 5.41) is 11.6. The zero-order chi connectivity index (χ0) is 26.6. The number of fused-ring (bicyclic) bond motifs is 1. The van der Waals surface area contributed by atoms with Crippen molar-refractivity contribution in [3.63, 3.8) is 0 Å². The lowest BCUT2D eigenvalue weighted by molar-refractivity contribution is -0.136. The average Bonchev–Trinajstić information content (AvgIpc) is 3.44. The van der Waals surface area contributed by atoms with Gasteiger partial charge in [0.25, 0.3) is 0 Å². The van der Waals surface area contributed by atoms with Gasteiger partial charge in [-0.15, -0.1) is 0 Å². The molecule has 198 valence electrons. The molecule has 8 heteroatoms. The first kappa shape index (κ1) is 26.1. The lowest BCUT2D eigenvalue weighted by Gasteiger charge is -2.34. The molecule has 0 saturated carbocycles. The second-order valence-corrected chi connectivity index (χ2v) is 10.0. The molecular weight excluding hydrogens is 483 g/mol. The summed E-state index contributed by atoms with van der Waals surface area (Å²) in [5.74, 6) is 0.0795. The van der Waals surface area contributed by atoms with E-state index in [-0.39, 0.29) is 18.3 Å². The van der Waals surface area contributed by atoms with E-state index < -0.39 is 6.04 Å². The number of carbonyl (C=O) groups excluding carboxylic acids is 1. The second-order valence-electron chi connectivity index (χ2n) is 10.0. The van der Waals surface area contributed by atoms with Crippen LogP contribution in [0.5, 0.6) is 5.75 Å². The summed E-state index contributed by atoms with van der Waals surface area (Å²) >= 11 is 0. The SMILES string of the molecule is COc1c(C#N)cc2ccccc2c1CN(C)C(=O)C(c1ccc(F)cc1)N1CC[C@@H](N2CCOCC2)C1. The number of rotatable bonds is 7. The molecule has 0 radical (unpaired) electrons. The minimum absolute atomic E-state index is 0.0762. The number of ether oxygens (including phenoxy) is 2. The summed E-state index contributed by atoms with van der Waals surface area (Å²) < 4.78 is 25.0. The fraction of sp³-hybridized carbons (Fsp3) is 0.400. The fourth-order valence-corrected chi connectivity index (χ4v) is 5.80. The highest BCUT2D eigenvalue weighted by molar-refractivity contribution is 5.91. The Morgan fingerprint density at radius 1 is 1.18 bits per heavy atom. The van der Waals surface area contributed by atoms with Crippen LogP contribution in [0.1, 0.15) is 29.2 Å². The monoisotopic (exact) mass is 516 g/mol. The van der Waals surface area contributed by atoms with Gasteiger partial charge in [-0.1, -0.05) is 36.4 Å². The molecule has 1 amide bonds. The van der Waals surface area contributed by atoms with Crippen LogP contribution in [-0.2, 0) is 16.1 Å². The predicted molar refractivity (Wildman–Crippen MR) is 143 cm³/mol. The minimum atomic E-state index is -0.539. The van der Waals surface area contributed by atoms with Gasteiger partial charge >= 0.3 is 0 Å². The molecule has 5 rings (SSSR count). The fourth-order valence-electron chi connectivity index (χ4n) is 5.80. The smallest absolute Gasteiger partial charge is 0.244 e. The number of hydrogen-bond acceptors (Lipinski definition) is 6. The summed E-state index contributed by atoms with van der Waals surface area (Å²) in [6.45, 7) is 5.08. The Hall–Kier alpha value is -3.51. The van der Waals surface area contributed by atoms with Crippen LogP contribution in [0.2, 0.25) is 0 Å². The highest BCUT2D eigenvalue weighted by atomic mass is 19.1. The van der Waals surface area contributed by atoms with Crippen molar-refractivity contribution in [2.24, 2.45) is 0 Å². The van der Waals surface area contributed by atoms with Gasteiger partial charge in [-0.25, -0.2) is 4.39 Å². The highest BCUT2D eigenvalue weighted by Crippen LogP contribution is 2.34. The van der Waals surface area contributed by atoms with Gasteiger partial charge in [-0.3, -0.25) is 14.6 Å². The zero-order valence-electron chi connectivity index (χ0n) is 21.9. The van der Waals surface area contributed by atoms with Crippen LogP contribution < -0.4 is 4.74 Å². The van der Waals surface area contributed by atoms with E-state index in [1.807, 2.05) is 30.3 Å². The number of halogens is 1. The van der Waals surface area contributed by atoms with Crippen LogP contribution in [-0.4, -0.2) is 80.2 Å². The summed E-state index contributed by atoms with van der Waals surface area (Å²) in [5.41, 5.74) is 2.00. The molecule has 2 fully saturated rings. The second kappa shape index (κ2) is 11.5. The maximum Gasteiger partial charge on any atom is 0.244 e. The normalized spacial score (nSPS) is 19.3. The van der Waals surface area contributed by atoms with E-state index in [1.165, 1.54) is 12.1 Å². The van der Waals surface area contributed by atoms with Gasteiger partial charge < -0.3 is 14.4 Å². The largest absolute Gasteiger partial charge is 0.495 e. The average molecular weight is 517 g/mol. The molecular formula is C30H33FN4O3. The number of benzene rings is 3. The number of nitrogens with zero attached hydrogens (tertiary/aromatic N) is 4. The van der Waals surface area contributed by atoms with E-state index in [1.54, 1.807) is 31.2 Å². The molecule has 2 atom stereocenters. The number of carbonyl (C=O) groups is 1. The third-order valence-corrected chi connectivity index (χ3v) is 7.74. The van der Waals surface area contributed by atoms with Crippen LogP contribution in [0.4, 0.5) is 4.39 Å². The van der Waals surface area contributed by atoms with Crippen LogP contribution in [0.3, 0.4) is 0 Å². The lowest BCUT2D eigenvalue weighted by atomic mass is 9.98. The molecule has 0 spiro atoms. The van der Waals surface area contributed by atoms with Crippen molar-refractivity contribution in [2.75, 3.05) is 53.6 Å². The molecule has 3 aromatic rings. The minimum Gasteiger partial charge on any atom is -0.495 e. The van der Waals surface area contributed by atoms with Crippen molar-refractivity contribution >= 4 is 16.7 Å². The Kier molecular flexibility index (Phi) is 7.89. The first-order chi connectivity index (χ1) is 18.5. The first-order valence-corrected chi connectivity index (χ1v) is 13.0. The molecule has 2 aliphatic heterocycles. The van der Waals surface area contributed by atoms with Gasteiger partial charge in [0, 0.05) is 51.4 Å². The van der Waals surface area contributed by atoms with Crippen molar-refractivity contribution in [1.82, 2.24) is 14.7 Å². The number of nitriles is 1. The van der Waals surface area contributed by atoms with Crippen LogP contribution in [0.15, 0.2) is 54.6 Å². The van der Waals surface area contributed by atoms with Crippen molar-refractivity contribution in [2.45, 2.75) is 25.0 Å². The van der Waals surface area contributed by atoms with E-state index in [2.05, 4.69) is 15.9 Å². The van der Waals surface area contributed by atoms with Crippen LogP contribution >= 0.6 is 0 Å². The lowest BCUT2D eigenvalue weighted by Crippen LogP contribution is -2.46. The van der Waals surface area contributed by atoms with Crippen LogP contribution in [0.25, 0.3) is 10.8 Å². The molecule has 0 aliphatic carbocycles. The number of methoxy groups -OCH3 is 1. The molecule has 0 aromatic heterocycles. The third-order valence-electron chi connectivity index (χ3n) is 7.74. The summed E-state index contributed by atoms with van der Waals surface area (Å²) in [7, 11) is 3.33. The Morgan fingerprint density at radius 3 is 2.63 bits per heavy atom. The highest BCUT2D eigenvalue weighted by Gasteiger charge is 2.37. The molecule has 2 aliphatic rings. The topological polar surface area (TPSA) is 69.0 Å². The van der Waals surface area contributed by atoms with E-state index >= 15 is 0 Å². The van der Waals surface area contributed by atoms with Gasteiger partial charge in [0.05, 0.1) is 25.9 Å². The number of hydrogen-bond donors (Lipinski definition) is 0. The van der Waals surface area contributed by atoms with E-state index in [9.17, 15) is 14.4 Å². The predicted octanol–water partition coefficient (Wildman–Crippen LogP) is 3.97. The Bertz CT molecular complexity index is 1330. The van der Waals surface area contributed by atoms with Crippen molar-refractivity contribution in [3.05, 3.63) is 77.1 Å². The summed E-state index contributed by atoms with van der Waals surface area (Å²) in [6, 6.07) is 17.9. The van der Waals surface area contributed by atoms with Gasteiger partial charge in [0.2, 0.25) is 5.91 Å². The van der Waals surface area contributed by atoms with Crippen LogP contribution in [0, 0.1) is 17.1 Å². The molecule has 1 unspecified atom stereocenters. The molecule has 2 heterocycles. The molecule has 38 heavy (non-hydrogen) atoms. The maximum absolute atomic E-state index is 14.1. The number of likely N-dealkylation sites (tertiary alicyclic amines) is 1. The third kappa shape index (κ3) is 5.23. The Labute approximate surface area is 222 Å². The Balaban J connectivity index is 1.45. The Morgan fingerprint density at radius 2 is 1.92 bits per heavy atom. The van der Waals surface area contributed by atoms with Crippen molar-refractivity contribution in [3.8, 4) is 11.8 Å². The molecule has 7 nitrogen and oxygen atoms in total. The van der Waals surface area contributed by atoms with E-state index in [0.717, 1.165) is 67.7 Å². The van der Waals surface area contributed by atoms with Crippen molar-refractivity contribution in [1.29, 1.82) is 5.26 Å². The van der Waals surface area contributed by atoms with E-state index in [4.69, 9.17) is 9.47 Å². The summed E-state index contributed by atoms with van der Waals surface area (Å²) in [4.78, 5) is 20.5. The number of morpholine rings is 1. The van der Waals surface area contributed by atoms with Gasteiger partial charge in [-0.05, 0) is 41.0 Å². The quantitative estimate of drug-likeness (QED) is 0.474. The number of likely N-dealkylation sites (N-methyl/N-ethyl adjacent to an activating group) is 1.